The van der Waals surface area contributed by atoms with E-state index in [4.69, 9.17) is 0 Å². The van der Waals surface area contributed by atoms with Crippen LogP contribution in [0.1, 0.15) is 5.56 Å². The maximum absolute atomic E-state index is 13.6. The summed E-state index contributed by atoms with van der Waals surface area (Å²) in [6, 6.07) is 8.73. The van der Waals surface area contributed by atoms with Crippen molar-refractivity contribution < 1.29 is 8.78 Å². The quantitative estimate of drug-likeness (QED) is 0.755. The highest BCUT2D eigenvalue weighted by molar-refractivity contribution is 5.59. The first-order valence-electron chi connectivity index (χ1n) is 6.87. The number of anilines is 3. The van der Waals surface area contributed by atoms with Gasteiger partial charge in [0.05, 0.1) is 5.69 Å². The number of benzene rings is 1. The van der Waals surface area contributed by atoms with E-state index in [1.165, 1.54) is 18.5 Å². The minimum atomic E-state index is -0.685. The van der Waals surface area contributed by atoms with E-state index >= 15 is 0 Å². The summed E-state index contributed by atoms with van der Waals surface area (Å²) in [6.45, 7) is 0.573. The molecule has 0 saturated heterocycles. The molecule has 0 aliphatic rings. The number of hydrogen-bond donors (Lipinski definition) is 2. The molecule has 0 radical (unpaired) electrons. The Hall–Kier alpha value is -3.09. The molecule has 1 aromatic carbocycles. The van der Waals surface area contributed by atoms with E-state index < -0.39 is 11.6 Å². The maximum Gasteiger partial charge on any atom is 0.149 e. The molecule has 2 N–H and O–H groups in total. The highest BCUT2D eigenvalue weighted by Crippen LogP contribution is 2.20. The van der Waals surface area contributed by atoms with Gasteiger partial charge in [-0.3, -0.25) is 4.98 Å². The van der Waals surface area contributed by atoms with Crippen LogP contribution in [0.3, 0.4) is 0 Å². The molecular weight excluding hydrogens is 300 g/mol. The van der Waals surface area contributed by atoms with Gasteiger partial charge in [0.2, 0.25) is 0 Å². The Morgan fingerprint density at radius 1 is 0.913 bits per heavy atom. The second-order valence-electron chi connectivity index (χ2n) is 4.75. The largest absolute Gasteiger partial charge is 0.366 e. The fourth-order valence-corrected chi connectivity index (χ4v) is 1.94. The predicted molar refractivity (Wildman–Crippen MR) is 83.2 cm³/mol. The number of rotatable bonds is 5. The highest BCUT2D eigenvalue weighted by Gasteiger charge is 2.05. The molecule has 0 saturated carbocycles. The monoisotopic (exact) mass is 313 g/mol. The van der Waals surface area contributed by atoms with Gasteiger partial charge in [0.25, 0.3) is 0 Å². The molecule has 0 amide bonds. The summed E-state index contributed by atoms with van der Waals surface area (Å²) in [5, 5.41) is 5.93. The van der Waals surface area contributed by atoms with Crippen LogP contribution in [0, 0.1) is 11.6 Å². The van der Waals surface area contributed by atoms with Crippen LogP contribution in [0.4, 0.5) is 26.1 Å². The first kappa shape index (κ1) is 14.8. The zero-order valence-corrected chi connectivity index (χ0v) is 12.0. The van der Waals surface area contributed by atoms with Crippen LogP contribution in [0.5, 0.6) is 0 Å². The Labute approximate surface area is 131 Å². The van der Waals surface area contributed by atoms with Crippen molar-refractivity contribution in [2.24, 2.45) is 0 Å². The molecule has 2 heterocycles. The lowest BCUT2D eigenvalue weighted by Gasteiger charge is -2.09. The summed E-state index contributed by atoms with van der Waals surface area (Å²) < 4.78 is 26.5. The Morgan fingerprint density at radius 2 is 1.70 bits per heavy atom. The zero-order chi connectivity index (χ0) is 16.1. The average molecular weight is 313 g/mol. The first-order valence-corrected chi connectivity index (χ1v) is 6.87. The van der Waals surface area contributed by atoms with Crippen LogP contribution in [0.15, 0.2) is 55.1 Å². The van der Waals surface area contributed by atoms with E-state index in [0.717, 1.165) is 11.6 Å². The highest BCUT2D eigenvalue weighted by atomic mass is 19.1. The van der Waals surface area contributed by atoms with E-state index in [1.807, 2.05) is 12.1 Å². The normalized spacial score (nSPS) is 10.3. The Kier molecular flexibility index (Phi) is 4.37. The lowest BCUT2D eigenvalue weighted by atomic mass is 10.3. The number of halogens is 2. The van der Waals surface area contributed by atoms with Crippen molar-refractivity contribution in [2.45, 2.75) is 6.54 Å². The smallest absolute Gasteiger partial charge is 0.149 e. The average Bonchev–Trinajstić information content (AvgIpc) is 2.57. The van der Waals surface area contributed by atoms with Gasteiger partial charge in [-0.15, -0.1) is 0 Å². The molecule has 0 atom stereocenters. The fourth-order valence-electron chi connectivity index (χ4n) is 1.94. The molecule has 0 aliphatic carbocycles. The van der Waals surface area contributed by atoms with Gasteiger partial charge in [-0.05, 0) is 29.8 Å². The van der Waals surface area contributed by atoms with E-state index in [-0.39, 0.29) is 5.69 Å². The molecule has 0 spiro atoms. The van der Waals surface area contributed by atoms with Crippen LogP contribution in [-0.2, 0) is 6.54 Å². The van der Waals surface area contributed by atoms with Gasteiger partial charge < -0.3 is 10.6 Å². The molecule has 0 bridgehead atoms. The molecule has 3 rings (SSSR count). The molecular formula is C16H13F2N5. The molecule has 7 heteroatoms. The Morgan fingerprint density at radius 3 is 2.48 bits per heavy atom. The molecule has 5 nitrogen and oxygen atoms in total. The summed E-state index contributed by atoms with van der Waals surface area (Å²) in [5.74, 6) is -0.324. The van der Waals surface area contributed by atoms with Crippen molar-refractivity contribution >= 4 is 17.3 Å². The number of pyridine rings is 1. The molecule has 23 heavy (non-hydrogen) atoms. The van der Waals surface area contributed by atoms with Gasteiger partial charge in [0, 0.05) is 31.1 Å². The van der Waals surface area contributed by atoms with Crippen molar-refractivity contribution in [3.63, 3.8) is 0 Å². The number of hydrogen-bond acceptors (Lipinski definition) is 5. The standard InChI is InChI=1S/C16H13F2N5/c17-12-1-2-14(13(18)7-12)23-16-8-15(21-10-22-16)20-9-11-3-5-19-6-4-11/h1-8,10H,9H2,(H2,20,21,22,23). The van der Waals surface area contributed by atoms with Crippen LogP contribution < -0.4 is 10.6 Å². The second kappa shape index (κ2) is 6.78. The summed E-state index contributed by atoms with van der Waals surface area (Å²) in [6.07, 6.45) is 4.78. The van der Waals surface area contributed by atoms with Gasteiger partial charge in [-0.25, -0.2) is 18.7 Å². The van der Waals surface area contributed by atoms with E-state index in [2.05, 4.69) is 25.6 Å². The third-order valence-corrected chi connectivity index (χ3v) is 3.08. The van der Waals surface area contributed by atoms with Crippen molar-refractivity contribution in [1.82, 2.24) is 15.0 Å². The molecule has 116 valence electrons. The van der Waals surface area contributed by atoms with Crippen LogP contribution in [0.25, 0.3) is 0 Å². The molecule has 0 unspecified atom stereocenters. The van der Waals surface area contributed by atoms with Crippen LogP contribution in [-0.4, -0.2) is 15.0 Å². The van der Waals surface area contributed by atoms with Gasteiger partial charge in [0.1, 0.15) is 29.6 Å². The predicted octanol–water partition coefficient (Wildman–Crippen LogP) is 3.51. The maximum atomic E-state index is 13.6. The topological polar surface area (TPSA) is 62.7 Å². The summed E-state index contributed by atoms with van der Waals surface area (Å²) >= 11 is 0. The number of aromatic nitrogens is 3. The number of nitrogens with zero attached hydrogens (tertiary/aromatic N) is 3. The van der Waals surface area contributed by atoms with Crippen molar-refractivity contribution in [3.8, 4) is 0 Å². The molecule has 3 aromatic rings. The minimum absolute atomic E-state index is 0.144. The zero-order valence-electron chi connectivity index (χ0n) is 12.0. The summed E-state index contributed by atoms with van der Waals surface area (Å²) in [5.41, 5.74) is 1.20. The van der Waals surface area contributed by atoms with Crippen LogP contribution in [0.2, 0.25) is 0 Å². The number of nitrogens with one attached hydrogen (secondary N) is 2. The minimum Gasteiger partial charge on any atom is -0.366 e. The van der Waals surface area contributed by atoms with E-state index in [0.29, 0.717) is 18.2 Å². The molecule has 0 aliphatic heterocycles. The Balaban J connectivity index is 1.69. The van der Waals surface area contributed by atoms with Gasteiger partial charge >= 0.3 is 0 Å². The lowest BCUT2D eigenvalue weighted by molar-refractivity contribution is 0.586. The summed E-state index contributed by atoms with van der Waals surface area (Å²) in [4.78, 5) is 12.1. The van der Waals surface area contributed by atoms with Gasteiger partial charge in [-0.1, -0.05) is 0 Å². The Bertz CT molecular complexity index is 795. The fraction of sp³-hybridized carbons (Fsp3) is 0.0625. The van der Waals surface area contributed by atoms with Crippen molar-refractivity contribution in [2.75, 3.05) is 10.6 Å². The summed E-state index contributed by atoms with van der Waals surface area (Å²) in [7, 11) is 0. The van der Waals surface area contributed by atoms with Crippen molar-refractivity contribution in [1.29, 1.82) is 0 Å². The molecule has 0 fully saturated rings. The third kappa shape index (κ3) is 3.97. The first-order chi connectivity index (χ1) is 11.2. The second-order valence-corrected chi connectivity index (χ2v) is 4.75. The van der Waals surface area contributed by atoms with E-state index in [1.54, 1.807) is 18.5 Å². The van der Waals surface area contributed by atoms with Gasteiger partial charge in [-0.2, -0.15) is 0 Å². The van der Waals surface area contributed by atoms with Crippen LogP contribution >= 0.6 is 0 Å². The van der Waals surface area contributed by atoms with Gasteiger partial charge in [0.15, 0.2) is 0 Å². The van der Waals surface area contributed by atoms with Crippen molar-refractivity contribution in [3.05, 3.63) is 72.3 Å². The molecule has 2 aromatic heterocycles. The van der Waals surface area contributed by atoms with E-state index in [9.17, 15) is 8.78 Å². The lowest BCUT2D eigenvalue weighted by Crippen LogP contribution is -2.03. The SMILES string of the molecule is Fc1ccc(Nc2cc(NCc3ccncc3)ncn2)c(F)c1. The third-order valence-electron chi connectivity index (χ3n) is 3.08.